The van der Waals surface area contributed by atoms with E-state index in [9.17, 15) is 4.79 Å². The highest BCUT2D eigenvalue weighted by atomic mass is 79.9. The van der Waals surface area contributed by atoms with Gasteiger partial charge in [-0.25, -0.2) is 0 Å². The predicted molar refractivity (Wildman–Crippen MR) is 84.3 cm³/mol. The zero-order chi connectivity index (χ0) is 14.1. The molecule has 0 aliphatic rings. The number of aromatic nitrogens is 1. The van der Waals surface area contributed by atoms with Gasteiger partial charge in [-0.3, -0.25) is 9.78 Å². The molecular weight excluding hydrogens is 338 g/mol. The van der Waals surface area contributed by atoms with Gasteiger partial charge in [-0.15, -0.1) is 0 Å². The number of ketones is 1. The topological polar surface area (TPSA) is 30.0 Å². The molecule has 98 valence electrons. The Morgan fingerprint density at radius 3 is 2.75 bits per heavy atom. The van der Waals surface area contributed by atoms with E-state index in [1.807, 2.05) is 24.3 Å². The lowest BCUT2D eigenvalue weighted by molar-refractivity contribution is 0.104. The molecule has 2 nitrogen and oxygen atoms in total. The van der Waals surface area contributed by atoms with E-state index < -0.39 is 0 Å². The fourth-order valence-corrected chi connectivity index (χ4v) is 2.89. The van der Waals surface area contributed by atoms with E-state index in [4.69, 9.17) is 11.6 Å². The van der Waals surface area contributed by atoms with Crippen molar-refractivity contribution < 1.29 is 4.79 Å². The average Bonchev–Trinajstić information content (AvgIpc) is 2.46. The maximum absolute atomic E-state index is 12.7. The van der Waals surface area contributed by atoms with Crippen molar-refractivity contribution in [3.8, 4) is 0 Å². The second-order valence-corrected chi connectivity index (χ2v) is 5.68. The molecule has 0 bridgehead atoms. The monoisotopic (exact) mass is 345 g/mol. The Hall–Kier alpha value is -1.71. The largest absolute Gasteiger partial charge is 0.289 e. The summed E-state index contributed by atoms with van der Waals surface area (Å²) in [5.41, 5.74) is 1.10. The number of benzene rings is 2. The Morgan fingerprint density at radius 2 is 1.95 bits per heavy atom. The molecule has 0 amide bonds. The fraction of sp³-hybridized carbons (Fsp3) is 0. The van der Waals surface area contributed by atoms with Crippen LogP contribution in [0.2, 0.25) is 5.02 Å². The molecule has 1 aromatic heterocycles. The third-order valence-electron chi connectivity index (χ3n) is 3.10. The minimum Gasteiger partial charge on any atom is -0.289 e. The van der Waals surface area contributed by atoms with Crippen LogP contribution in [0.15, 0.2) is 59.3 Å². The van der Waals surface area contributed by atoms with Crippen LogP contribution in [0.3, 0.4) is 0 Å². The fourth-order valence-electron chi connectivity index (χ4n) is 2.13. The smallest absolute Gasteiger partial charge is 0.195 e. The molecule has 1 heterocycles. The quantitative estimate of drug-likeness (QED) is 0.619. The zero-order valence-electron chi connectivity index (χ0n) is 10.3. The van der Waals surface area contributed by atoms with Crippen molar-refractivity contribution in [1.29, 1.82) is 0 Å². The van der Waals surface area contributed by atoms with Gasteiger partial charge >= 0.3 is 0 Å². The lowest BCUT2D eigenvalue weighted by Crippen LogP contribution is -2.03. The second-order valence-electron chi connectivity index (χ2n) is 4.36. The maximum Gasteiger partial charge on any atom is 0.195 e. The molecule has 4 heteroatoms. The molecule has 0 atom stereocenters. The molecule has 2 aromatic carbocycles. The van der Waals surface area contributed by atoms with Gasteiger partial charge in [0.15, 0.2) is 5.78 Å². The van der Waals surface area contributed by atoms with Gasteiger partial charge in [0.25, 0.3) is 0 Å². The summed E-state index contributed by atoms with van der Waals surface area (Å²) >= 11 is 9.49. The Bertz CT molecular complexity index is 811. The SMILES string of the molecule is O=C(c1ccc(Br)cc1Cl)c1cccc2ccncc12. The van der Waals surface area contributed by atoms with Gasteiger partial charge in [0.2, 0.25) is 0 Å². The first-order chi connectivity index (χ1) is 9.66. The molecule has 0 aliphatic heterocycles. The third-order valence-corrected chi connectivity index (χ3v) is 3.91. The Labute approximate surface area is 129 Å². The standard InChI is InChI=1S/C16H9BrClNO/c17-11-4-5-13(15(18)8-11)16(20)12-3-1-2-10-6-7-19-9-14(10)12/h1-9H. The van der Waals surface area contributed by atoms with Crippen LogP contribution >= 0.6 is 27.5 Å². The number of carbonyl (C=O) groups excluding carboxylic acids is 1. The highest BCUT2D eigenvalue weighted by molar-refractivity contribution is 9.10. The van der Waals surface area contributed by atoms with Gasteiger partial charge in [0.05, 0.1) is 5.02 Å². The first-order valence-corrected chi connectivity index (χ1v) is 7.16. The number of fused-ring (bicyclic) bond motifs is 1. The summed E-state index contributed by atoms with van der Waals surface area (Å²) in [5, 5.41) is 2.25. The Kier molecular flexibility index (Phi) is 3.55. The van der Waals surface area contributed by atoms with Crippen molar-refractivity contribution in [2.24, 2.45) is 0 Å². The summed E-state index contributed by atoms with van der Waals surface area (Å²) < 4.78 is 0.846. The van der Waals surface area contributed by atoms with Gasteiger partial charge in [-0.2, -0.15) is 0 Å². The summed E-state index contributed by atoms with van der Waals surface area (Å²) in [6, 6.07) is 12.8. The lowest BCUT2D eigenvalue weighted by Gasteiger charge is -2.07. The van der Waals surface area contributed by atoms with Crippen LogP contribution < -0.4 is 0 Å². The highest BCUT2D eigenvalue weighted by Crippen LogP contribution is 2.26. The van der Waals surface area contributed by atoms with Crippen LogP contribution in [-0.2, 0) is 0 Å². The van der Waals surface area contributed by atoms with Crippen molar-refractivity contribution in [3.63, 3.8) is 0 Å². The number of hydrogen-bond donors (Lipinski definition) is 0. The van der Waals surface area contributed by atoms with Crippen LogP contribution in [0, 0.1) is 0 Å². The summed E-state index contributed by atoms with van der Waals surface area (Å²) in [4.78, 5) is 16.8. The normalized spacial score (nSPS) is 10.7. The molecule has 0 aliphatic carbocycles. The number of rotatable bonds is 2. The van der Waals surface area contributed by atoms with E-state index in [0.29, 0.717) is 16.1 Å². The third kappa shape index (κ3) is 2.35. The summed E-state index contributed by atoms with van der Waals surface area (Å²) in [6.45, 7) is 0. The van der Waals surface area contributed by atoms with Gasteiger partial charge in [-0.05, 0) is 29.7 Å². The Balaban J connectivity index is 2.18. The minimum atomic E-state index is -0.0962. The van der Waals surface area contributed by atoms with Crippen LogP contribution in [0.1, 0.15) is 15.9 Å². The number of halogens is 2. The molecule has 3 aromatic rings. The maximum atomic E-state index is 12.7. The van der Waals surface area contributed by atoms with Gasteiger partial charge in [0, 0.05) is 33.4 Å². The molecule has 0 N–H and O–H groups in total. The minimum absolute atomic E-state index is 0.0962. The van der Waals surface area contributed by atoms with Crippen molar-refractivity contribution in [1.82, 2.24) is 4.98 Å². The summed E-state index contributed by atoms with van der Waals surface area (Å²) in [6.07, 6.45) is 3.42. The summed E-state index contributed by atoms with van der Waals surface area (Å²) in [7, 11) is 0. The second kappa shape index (κ2) is 5.35. The first kappa shape index (κ1) is 13.3. The van der Waals surface area contributed by atoms with E-state index in [1.54, 1.807) is 30.6 Å². The first-order valence-electron chi connectivity index (χ1n) is 5.99. The van der Waals surface area contributed by atoms with Crippen molar-refractivity contribution in [2.75, 3.05) is 0 Å². The van der Waals surface area contributed by atoms with E-state index >= 15 is 0 Å². The van der Waals surface area contributed by atoms with Crippen LogP contribution in [0.25, 0.3) is 10.8 Å². The van der Waals surface area contributed by atoms with E-state index in [0.717, 1.165) is 15.2 Å². The van der Waals surface area contributed by atoms with Crippen LogP contribution in [0.5, 0.6) is 0 Å². The lowest BCUT2D eigenvalue weighted by atomic mass is 9.98. The molecule has 0 spiro atoms. The number of nitrogens with zero attached hydrogens (tertiary/aromatic N) is 1. The average molecular weight is 347 g/mol. The van der Waals surface area contributed by atoms with Crippen molar-refractivity contribution >= 4 is 44.1 Å². The molecule has 0 unspecified atom stereocenters. The molecular formula is C16H9BrClNO. The number of carbonyl (C=O) groups is 1. The molecule has 0 fully saturated rings. The molecule has 20 heavy (non-hydrogen) atoms. The van der Waals surface area contributed by atoms with Crippen LogP contribution in [0.4, 0.5) is 0 Å². The summed E-state index contributed by atoms with van der Waals surface area (Å²) in [5.74, 6) is -0.0962. The molecule has 0 saturated carbocycles. The van der Waals surface area contributed by atoms with Gasteiger partial charge in [0.1, 0.15) is 0 Å². The molecule has 0 radical (unpaired) electrons. The Morgan fingerprint density at radius 1 is 1.10 bits per heavy atom. The van der Waals surface area contributed by atoms with E-state index in [1.165, 1.54) is 0 Å². The van der Waals surface area contributed by atoms with Crippen LogP contribution in [-0.4, -0.2) is 10.8 Å². The van der Waals surface area contributed by atoms with Gasteiger partial charge < -0.3 is 0 Å². The van der Waals surface area contributed by atoms with Gasteiger partial charge in [-0.1, -0.05) is 45.7 Å². The van der Waals surface area contributed by atoms with Crippen molar-refractivity contribution in [2.45, 2.75) is 0 Å². The number of hydrogen-bond acceptors (Lipinski definition) is 2. The highest BCUT2D eigenvalue weighted by Gasteiger charge is 2.15. The van der Waals surface area contributed by atoms with E-state index in [-0.39, 0.29) is 5.78 Å². The zero-order valence-corrected chi connectivity index (χ0v) is 12.6. The number of pyridine rings is 1. The molecule has 0 saturated heterocycles. The van der Waals surface area contributed by atoms with Crippen molar-refractivity contribution in [3.05, 3.63) is 75.5 Å². The predicted octanol–water partition coefficient (Wildman–Crippen LogP) is 4.88. The van der Waals surface area contributed by atoms with E-state index in [2.05, 4.69) is 20.9 Å². The molecule has 3 rings (SSSR count).